The highest BCUT2D eigenvalue weighted by Crippen LogP contribution is 2.18. The van der Waals surface area contributed by atoms with Gasteiger partial charge in [0.2, 0.25) is 0 Å². The molecule has 2 rings (SSSR count). The lowest BCUT2D eigenvalue weighted by atomic mass is 10.0. The van der Waals surface area contributed by atoms with Gasteiger partial charge in [0, 0.05) is 6.42 Å². The molecule has 0 bridgehead atoms. The molecule has 1 aliphatic heterocycles. The Hall–Kier alpha value is -1.28. The van der Waals surface area contributed by atoms with Gasteiger partial charge in [-0.2, -0.15) is 0 Å². The minimum atomic E-state index is -0.502. The lowest BCUT2D eigenvalue weighted by molar-refractivity contribution is 0.0918. The number of hydrogen-bond acceptors (Lipinski definition) is 2. The number of rotatable bonds is 3. The van der Waals surface area contributed by atoms with Gasteiger partial charge in [-0.25, -0.2) is 0 Å². The number of allylic oxidation sites excluding steroid dienone is 1. The highest BCUT2D eigenvalue weighted by molar-refractivity contribution is 5.30. The maximum absolute atomic E-state index is 10.1. The largest absolute Gasteiger partial charge is 0.495 e. The number of aliphatic hydroxyl groups is 1. The van der Waals surface area contributed by atoms with Gasteiger partial charge in [0.25, 0.3) is 0 Å². The maximum atomic E-state index is 10.1. The fourth-order valence-electron chi connectivity index (χ4n) is 2.06. The third kappa shape index (κ3) is 3.10. The SMILES string of the molecule is Cc1ccc(CC(O)C2=CCCCO2)cc1C. The first-order valence-corrected chi connectivity index (χ1v) is 6.24. The monoisotopic (exact) mass is 232 g/mol. The molecule has 1 N–H and O–H groups in total. The molecule has 0 radical (unpaired) electrons. The summed E-state index contributed by atoms with van der Waals surface area (Å²) in [5, 5.41) is 10.1. The Kier molecular flexibility index (Phi) is 3.85. The van der Waals surface area contributed by atoms with Gasteiger partial charge in [-0.1, -0.05) is 18.2 Å². The summed E-state index contributed by atoms with van der Waals surface area (Å²) in [6.45, 7) is 4.93. The number of ether oxygens (including phenoxy) is 1. The van der Waals surface area contributed by atoms with Crippen molar-refractivity contribution in [2.24, 2.45) is 0 Å². The van der Waals surface area contributed by atoms with Crippen LogP contribution in [-0.4, -0.2) is 17.8 Å². The molecule has 1 heterocycles. The second kappa shape index (κ2) is 5.37. The number of aryl methyl sites for hydroxylation is 2. The second-order valence-electron chi connectivity index (χ2n) is 4.74. The zero-order valence-electron chi connectivity index (χ0n) is 10.6. The van der Waals surface area contributed by atoms with Crippen LogP contribution in [0, 0.1) is 13.8 Å². The highest BCUT2D eigenvalue weighted by atomic mass is 16.5. The molecule has 0 amide bonds. The van der Waals surface area contributed by atoms with Gasteiger partial charge in [0.15, 0.2) is 0 Å². The zero-order chi connectivity index (χ0) is 12.3. The van der Waals surface area contributed by atoms with E-state index >= 15 is 0 Å². The molecule has 2 nitrogen and oxygen atoms in total. The van der Waals surface area contributed by atoms with Gasteiger partial charge in [0.1, 0.15) is 11.9 Å². The molecule has 0 fully saturated rings. The van der Waals surface area contributed by atoms with Gasteiger partial charge in [-0.3, -0.25) is 0 Å². The minimum absolute atomic E-state index is 0.502. The van der Waals surface area contributed by atoms with Crippen LogP contribution in [0.2, 0.25) is 0 Å². The molecule has 0 aromatic heterocycles. The van der Waals surface area contributed by atoms with Crippen LogP contribution in [-0.2, 0) is 11.2 Å². The average molecular weight is 232 g/mol. The van der Waals surface area contributed by atoms with E-state index in [0.717, 1.165) is 30.8 Å². The molecule has 0 spiro atoms. The molecule has 1 atom stereocenters. The summed E-state index contributed by atoms with van der Waals surface area (Å²) in [6.07, 6.45) is 4.21. The Bertz CT molecular complexity index is 421. The van der Waals surface area contributed by atoms with Crippen molar-refractivity contribution in [3.63, 3.8) is 0 Å². The van der Waals surface area contributed by atoms with Crippen LogP contribution in [0.5, 0.6) is 0 Å². The first-order valence-electron chi connectivity index (χ1n) is 6.24. The van der Waals surface area contributed by atoms with E-state index in [4.69, 9.17) is 4.74 Å². The summed E-state index contributed by atoms with van der Waals surface area (Å²) in [6, 6.07) is 6.32. The molecule has 17 heavy (non-hydrogen) atoms. The van der Waals surface area contributed by atoms with Gasteiger partial charge in [-0.05, 0) is 49.5 Å². The van der Waals surface area contributed by atoms with Crippen LogP contribution in [0.1, 0.15) is 29.5 Å². The normalized spacial score (nSPS) is 17.2. The molecule has 2 heteroatoms. The van der Waals surface area contributed by atoms with Crippen molar-refractivity contribution in [2.75, 3.05) is 6.61 Å². The summed E-state index contributed by atoms with van der Waals surface area (Å²) >= 11 is 0. The molecule has 92 valence electrons. The average Bonchev–Trinajstić information content (AvgIpc) is 2.35. The van der Waals surface area contributed by atoms with Crippen LogP contribution in [0.3, 0.4) is 0 Å². The lowest BCUT2D eigenvalue weighted by Gasteiger charge is -2.20. The van der Waals surface area contributed by atoms with Crippen LogP contribution in [0.4, 0.5) is 0 Å². The van der Waals surface area contributed by atoms with Crippen molar-refractivity contribution in [3.8, 4) is 0 Å². The van der Waals surface area contributed by atoms with Crippen molar-refractivity contribution >= 4 is 0 Å². The van der Waals surface area contributed by atoms with Crippen molar-refractivity contribution in [1.82, 2.24) is 0 Å². The quantitative estimate of drug-likeness (QED) is 0.868. The molecule has 0 aliphatic carbocycles. The molecule has 0 saturated carbocycles. The Morgan fingerprint density at radius 1 is 1.29 bits per heavy atom. The van der Waals surface area contributed by atoms with E-state index in [1.54, 1.807) is 0 Å². The van der Waals surface area contributed by atoms with Crippen LogP contribution < -0.4 is 0 Å². The van der Waals surface area contributed by atoms with Gasteiger partial charge < -0.3 is 9.84 Å². The number of hydrogen-bond donors (Lipinski definition) is 1. The first kappa shape index (κ1) is 12.2. The standard InChI is InChI=1S/C15H20O2/c1-11-6-7-13(9-12(11)2)10-14(16)15-5-3-4-8-17-15/h5-7,9,14,16H,3-4,8,10H2,1-2H3. The molecule has 1 aliphatic rings. The topological polar surface area (TPSA) is 29.5 Å². The van der Waals surface area contributed by atoms with Crippen molar-refractivity contribution in [1.29, 1.82) is 0 Å². The van der Waals surface area contributed by atoms with Gasteiger partial charge in [0.05, 0.1) is 6.61 Å². The van der Waals surface area contributed by atoms with Gasteiger partial charge in [-0.15, -0.1) is 0 Å². The van der Waals surface area contributed by atoms with Crippen LogP contribution in [0.25, 0.3) is 0 Å². The van der Waals surface area contributed by atoms with E-state index in [1.165, 1.54) is 11.1 Å². The number of benzene rings is 1. The highest BCUT2D eigenvalue weighted by Gasteiger charge is 2.15. The Labute approximate surface area is 103 Å². The summed E-state index contributed by atoms with van der Waals surface area (Å²) in [5.74, 6) is 0.745. The van der Waals surface area contributed by atoms with E-state index in [1.807, 2.05) is 6.08 Å². The smallest absolute Gasteiger partial charge is 0.121 e. The zero-order valence-corrected chi connectivity index (χ0v) is 10.6. The molecular weight excluding hydrogens is 212 g/mol. The maximum Gasteiger partial charge on any atom is 0.121 e. The van der Waals surface area contributed by atoms with E-state index < -0.39 is 6.10 Å². The van der Waals surface area contributed by atoms with E-state index in [-0.39, 0.29) is 0 Å². The number of aliphatic hydroxyl groups excluding tert-OH is 1. The van der Waals surface area contributed by atoms with E-state index in [9.17, 15) is 5.11 Å². The molecular formula is C15H20O2. The van der Waals surface area contributed by atoms with Crippen molar-refractivity contribution in [2.45, 2.75) is 39.2 Å². The third-order valence-corrected chi connectivity index (χ3v) is 3.29. The fourth-order valence-corrected chi connectivity index (χ4v) is 2.06. The Morgan fingerprint density at radius 2 is 2.12 bits per heavy atom. The molecule has 0 saturated heterocycles. The summed E-state index contributed by atoms with van der Waals surface area (Å²) in [7, 11) is 0. The van der Waals surface area contributed by atoms with E-state index in [2.05, 4.69) is 32.0 Å². The summed E-state index contributed by atoms with van der Waals surface area (Å²) in [5.41, 5.74) is 3.72. The van der Waals surface area contributed by atoms with Crippen molar-refractivity contribution < 1.29 is 9.84 Å². The molecule has 1 aromatic carbocycles. The lowest BCUT2D eigenvalue weighted by Crippen LogP contribution is -2.18. The minimum Gasteiger partial charge on any atom is -0.495 e. The van der Waals surface area contributed by atoms with E-state index in [0.29, 0.717) is 6.42 Å². The predicted octanol–water partition coefficient (Wildman–Crippen LogP) is 2.90. The molecule has 1 unspecified atom stereocenters. The fraction of sp³-hybridized carbons (Fsp3) is 0.467. The summed E-state index contributed by atoms with van der Waals surface area (Å²) in [4.78, 5) is 0. The second-order valence-corrected chi connectivity index (χ2v) is 4.74. The first-order chi connectivity index (χ1) is 8.16. The van der Waals surface area contributed by atoms with Crippen molar-refractivity contribution in [3.05, 3.63) is 46.7 Å². The van der Waals surface area contributed by atoms with Crippen LogP contribution in [0.15, 0.2) is 30.0 Å². The Morgan fingerprint density at radius 3 is 2.76 bits per heavy atom. The molecule has 1 aromatic rings. The third-order valence-electron chi connectivity index (χ3n) is 3.29. The predicted molar refractivity (Wildman–Crippen MR) is 68.9 cm³/mol. The summed E-state index contributed by atoms with van der Waals surface area (Å²) < 4.78 is 5.48. The van der Waals surface area contributed by atoms with Gasteiger partial charge >= 0.3 is 0 Å². The van der Waals surface area contributed by atoms with Crippen LogP contribution >= 0.6 is 0 Å². The Balaban J connectivity index is 2.04.